The number of Topliss-reactive ketones (excluding diaryl/α,β-unsaturated/α-hetero) is 1. The first-order valence-corrected chi connectivity index (χ1v) is 6.33. The zero-order chi connectivity index (χ0) is 13.5. The summed E-state index contributed by atoms with van der Waals surface area (Å²) in [7, 11) is 1.95. The van der Waals surface area contributed by atoms with Gasteiger partial charge >= 0.3 is 0 Å². The molecule has 0 atom stereocenters. The van der Waals surface area contributed by atoms with Crippen molar-refractivity contribution in [3.05, 3.63) is 29.7 Å². The van der Waals surface area contributed by atoms with E-state index in [2.05, 4.69) is 31.8 Å². The molecule has 0 saturated carbocycles. The molecule has 0 radical (unpaired) electrons. The van der Waals surface area contributed by atoms with Crippen LogP contribution in [0.3, 0.4) is 0 Å². The van der Waals surface area contributed by atoms with Gasteiger partial charge in [0.25, 0.3) is 0 Å². The maximum Gasteiger partial charge on any atom is 0.164 e. The molecule has 2 heterocycles. The van der Waals surface area contributed by atoms with Crippen LogP contribution in [0.15, 0.2) is 18.5 Å². The first kappa shape index (κ1) is 12.8. The number of hydrogen-bond donors (Lipinski definition) is 0. The van der Waals surface area contributed by atoms with Gasteiger partial charge in [-0.1, -0.05) is 27.7 Å². The SMILES string of the molecule is CCC(=O)c1cn(C)c2cnc(C(C)(C)C)cc12. The molecular weight excluding hydrogens is 224 g/mol. The van der Waals surface area contributed by atoms with Gasteiger partial charge in [-0.2, -0.15) is 0 Å². The lowest BCUT2D eigenvalue weighted by molar-refractivity contribution is 0.0989. The zero-order valence-corrected chi connectivity index (χ0v) is 11.7. The Morgan fingerprint density at radius 1 is 1.39 bits per heavy atom. The molecule has 0 unspecified atom stereocenters. The standard InChI is InChI=1S/C15H20N2O/c1-6-13(18)11-9-17(5)12-8-16-14(7-10(11)12)15(2,3)4/h7-9H,6H2,1-5H3. The van der Waals surface area contributed by atoms with E-state index >= 15 is 0 Å². The number of carbonyl (C=O) groups excluding carboxylic acids is 1. The maximum absolute atomic E-state index is 12.0. The van der Waals surface area contributed by atoms with E-state index in [4.69, 9.17) is 0 Å². The Bertz CT molecular complexity index is 603. The van der Waals surface area contributed by atoms with Gasteiger partial charge in [0, 0.05) is 41.7 Å². The molecule has 0 aliphatic rings. The van der Waals surface area contributed by atoms with Gasteiger partial charge in [0.15, 0.2) is 5.78 Å². The lowest BCUT2D eigenvalue weighted by Crippen LogP contribution is -2.13. The minimum Gasteiger partial charge on any atom is -0.349 e. The third-order valence-electron chi connectivity index (χ3n) is 3.27. The zero-order valence-electron chi connectivity index (χ0n) is 11.7. The molecule has 0 aliphatic heterocycles. The fraction of sp³-hybridized carbons (Fsp3) is 0.467. The number of aromatic nitrogens is 2. The lowest BCUT2D eigenvalue weighted by atomic mass is 9.90. The van der Waals surface area contributed by atoms with Crippen LogP contribution in [0, 0.1) is 0 Å². The van der Waals surface area contributed by atoms with Crippen LogP contribution in [-0.2, 0) is 12.5 Å². The topological polar surface area (TPSA) is 34.9 Å². The Morgan fingerprint density at radius 2 is 2.06 bits per heavy atom. The summed E-state index contributed by atoms with van der Waals surface area (Å²) in [4.78, 5) is 16.5. The Morgan fingerprint density at radius 3 is 2.61 bits per heavy atom. The van der Waals surface area contributed by atoms with Gasteiger partial charge in [-0.15, -0.1) is 0 Å². The Labute approximate surface area is 108 Å². The van der Waals surface area contributed by atoms with Gasteiger partial charge in [-0.25, -0.2) is 0 Å². The number of aryl methyl sites for hydroxylation is 1. The van der Waals surface area contributed by atoms with E-state index in [1.165, 1.54) is 0 Å². The summed E-state index contributed by atoms with van der Waals surface area (Å²) in [5.74, 6) is 0.187. The van der Waals surface area contributed by atoms with Crippen LogP contribution in [0.4, 0.5) is 0 Å². The number of nitrogens with zero attached hydrogens (tertiary/aromatic N) is 2. The number of carbonyl (C=O) groups is 1. The molecule has 3 heteroatoms. The quantitative estimate of drug-likeness (QED) is 0.758. The molecule has 18 heavy (non-hydrogen) atoms. The summed E-state index contributed by atoms with van der Waals surface area (Å²) >= 11 is 0. The maximum atomic E-state index is 12.0. The summed E-state index contributed by atoms with van der Waals surface area (Å²) in [6.07, 6.45) is 4.30. The molecule has 96 valence electrons. The molecule has 2 rings (SSSR count). The summed E-state index contributed by atoms with van der Waals surface area (Å²) in [5, 5.41) is 1.02. The van der Waals surface area contributed by atoms with Gasteiger partial charge < -0.3 is 4.57 Å². The van der Waals surface area contributed by atoms with Crippen molar-refractivity contribution in [3.8, 4) is 0 Å². The van der Waals surface area contributed by atoms with Crippen LogP contribution in [0.25, 0.3) is 10.9 Å². The normalized spacial score (nSPS) is 12.1. The molecular formula is C15H20N2O. The molecule has 0 N–H and O–H groups in total. The molecule has 0 spiro atoms. The van der Waals surface area contributed by atoms with E-state index < -0.39 is 0 Å². The minimum absolute atomic E-state index is 0.00341. The van der Waals surface area contributed by atoms with Crippen LogP contribution in [0.1, 0.15) is 50.2 Å². The lowest BCUT2D eigenvalue weighted by Gasteiger charge is -2.17. The van der Waals surface area contributed by atoms with E-state index in [1.54, 1.807) is 0 Å². The Kier molecular flexibility index (Phi) is 3.01. The first-order valence-electron chi connectivity index (χ1n) is 6.33. The van der Waals surface area contributed by atoms with Crippen molar-refractivity contribution in [2.75, 3.05) is 0 Å². The van der Waals surface area contributed by atoms with Crippen LogP contribution in [-0.4, -0.2) is 15.3 Å². The van der Waals surface area contributed by atoms with E-state index in [0.717, 1.165) is 22.2 Å². The molecule has 0 fully saturated rings. The molecule has 0 bridgehead atoms. The van der Waals surface area contributed by atoms with Gasteiger partial charge in [0.1, 0.15) is 0 Å². The second-order valence-corrected chi connectivity index (χ2v) is 5.77. The summed E-state index contributed by atoms with van der Waals surface area (Å²) in [6.45, 7) is 8.29. The fourth-order valence-corrected chi connectivity index (χ4v) is 2.10. The third kappa shape index (κ3) is 2.05. The average Bonchev–Trinajstić information content (AvgIpc) is 2.64. The van der Waals surface area contributed by atoms with Crippen LogP contribution in [0.5, 0.6) is 0 Å². The van der Waals surface area contributed by atoms with Crippen LogP contribution < -0.4 is 0 Å². The van der Waals surface area contributed by atoms with Crippen molar-refractivity contribution in [3.63, 3.8) is 0 Å². The number of fused-ring (bicyclic) bond motifs is 1. The first-order chi connectivity index (χ1) is 8.34. The van der Waals surface area contributed by atoms with Gasteiger partial charge in [-0.05, 0) is 6.07 Å². The van der Waals surface area contributed by atoms with Crippen molar-refractivity contribution < 1.29 is 4.79 Å². The fourth-order valence-electron chi connectivity index (χ4n) is 2.10. The van der Waals surface area contributed by atoms with E-state index in [1.807, 2.05) is 30.9 Å². The summed E-state index contributed by atoms with van der Waals surface area (Å²) < 4.78 is 1.97. The highest BCUT2D eigenvalue weighted by atomic mass is 16.1. The van der Waals surface area contributed by atoms with Gasteiger partial charge in [0.2, 0.25) is 0 Å². The minimum atomic E-state index is -0.00341. The monoisotopic (exact) mass is 244 g/mol. The van der Waals surface area contributed by atoms with Crippen LogP contribution in [0.2, 0.25) is 0 Å². The number of hydrogen-bond acceptors (Lipinski definition) is 2. The third-order valence-corrected chi connectivity index (χ3v) is 3.27. The summed E-state index contributed by atoms with van der Waals surface area (Å²) in [6, 6.07) is 2.05. The molecule has 0 aliphatic carbocycles. The largest absolute Gasteiger partial charge is 0.349 e. The predicted octanol–water partition coefficient (Wildman–Crippen LogP) is 3.46. The smallest absolute Gasteiger partial charge is 0.164 e. The van der Waals surface area contributed by atoms with Gasteiger partial charge in [0.05, 0.1) is 11.7 Å². The Hall–Kier alpha value is -1.64. The van der Waals surface area contributed by atoms with E-state index in [9.17, 15) is 4.79 Å². The van der Waals surface area contributed by atoms with Crippen molar-refractivity contribution in [2.45, 2.75) is 39.5 Å². The van der Waals surface area contributed by atoms with Crippen molar-refractivity contribution in [1.29, 1.82) is 0 Å². The second-order valence-electron chi connectivity index (χ2n) is 5.77. The molecule has 0 amide bonds. The highest BCUT2D eigenvalue weighted by molar-refractivity contribution is 6.07. The second kappa shape index (κ2) is 4.23. The molecule has 0 saturated heterocycles. The summed E-state index contributed by atoms with van der Waals surface area (Å²) in [5.41, 5.74) is 2.84. The molecule has 3 nitrogen and oxygen atoms in total. The van der Waals surface area contributed by atoms with Crippen molar-refractivity contribution in [1.82, 2.24) is 9.55 Å². The highest BCUT2D eigenvalue weighted by Gasteiger charge is 2.19. The van der Waals surface area contributed by atoms with Crippen molar-refractivity contribution >= 4 is 16.7 Å². The number of pyridine rings is 1. The Balaban J connectivity index is 2.70. The molecule has 2 aromatic rings. The van der Waals surface area contributed by atoms with Crippen LogP contribution >= 0.6 is 0 Å². The predicted molar refractivity (Wildman–Crippen MR) is 74.0 cm³/mol. The average molecular weight is 244 g/mol. The van der Waals surface area contributed by atoms with Crippen molar-refractivity contribution in [2.24, 2.45) is 7.05 Å². The number of ketones is 1. The highest BCUT2D eigenvalue weighted by Crippen LogP contribution is 2.27. The molecule has 0 aromatic carbocycles. The van der Waals surface area contributed by atoms with Gasteiger partial charge in [-0.3, -0.25) is 9.78 Å². The molecule has 2 aromatic heterocycles. The van der Waals surface area contributed by atoms with E-state index in [0.29, 0.717) is 6.42 Å². The number of rotatable bonds is 2. The van der Waals surface area contributed by atoms with E-state index in [-0.39, 0.29) is 11.2 Å².